The molecule has 1 atom stereocenters. The third-order valence-corrected chi connectivity index (χ3v) is 3.67. The lowest BCUT2D eigenvalue weighted by molar-refractivity contribution is -0.115. The van der Waals surface area contributed by atoms with Crippen LogP contribution < -0.4 is 15.4 Å². The molecule has 0 fully saturated rings. The largest absolute Gasteiger partial charge is 0.435 e. The standard InChI is InChI=1S/C19H22F2N2O2/c1-13(2)18(14-6-4-3-5-7-14)22-12-17(24)23-15-8-10-16(11-9-15)25-19(20)21/h3-11,13,18-19,22H,12H2,1-2H3,(H,23,24)/t18-/m1/s1. The molecule has 2 rings (SSSR count). The molecule has 2 N–H and O–H groups in total. The summed E-state index contributed by atoms with van der Waals surface area (Å²) in [6.45, 7) is 1.46. The van der Waals surface area contributed by atoms with Crippen LogP contribution in [0, 0.1) is 5.92 Å². The van der Waals surface area contributed by atoms with E-state index in [2.05, 4.69) is 29.2 Å². The van der Waals surface area contributed by atoms with Crippen LogP contribution in [0.2, 0.25) is 0 Å². The van der Waals surface area contributed by atoms with Gasteiger partial charge in [-0.2, -0.15) is 8.78 Å². The zero-order valence-electron chi connectivity index (χ0n) is 14.2. The summed E-state index contributed by atoms with van der Waals surface area (Å²) >= 11 is 0. The van der Waals surface area contributed by atoms with Crippen LogP contribution in [0.5, 0.6) is 5.75 Å². The quantitative estimate of drug-likeness (QED) is 0.751. The molecule has 2 aromatic carbocycles. The monoisotopic (exact) mass is 348 g/mol. The molecule has 0 aliphatic rings. The molecule has 2 aromatic rings. The van der Waals surface area contributed by atoms with Gasteiger partial charge >= 0.3 is 6.61 Å². The number of amides is 1. The lowest BCUT2D eigenvalue weighted by atomic mass is 9.96. The zero-order chi connectivity index (χ0) is 18.2. The Morgan fingerprint density at radius 2 is 1.68 bits per heavy atom. The molecule has 1 amide bonds. The number of hydrogen-bond acceptors (Lipinski definition) is 3. The maximum atomic E-state index is 12.1. The topological polar surface area (TPSA) is 50.4 Å². The molecule has 0 bridgehead atoms. The zero-order valence-corrected chi connectivity index (χ0v) is 14.2. The SMILES string of the molecule is CC(C)[C@@H](NCC(=O)Nc1ccc(OC(F)F)cc1)c1ccccc1. The molecule has 134 valence electrons. The van der Waals surface area contributed by atoms with E-state index in [1.165, 1.54) is 24.3 Å². The van der Waals surface area contributed by atoms with Gasteiger partial charge in [0.1, 0.15) is 5.75 Å². The van der Waals surface area contributed by atoms with Gasteiger partial charge in [-0.05, 0) is 35.7 Å². The minimum atomic E-state index is -2.87. The highest BCUT2D eigenvalue weighted by Gasteiger charge is 2.16. The van der Waals surface area contributed by atoms with Gasteiger partial charge in [-0.3, -0.25) is 4.79 Å². The Bertz CT molecular complexity index is 661. The molecule has 0 saturated carbocycles. The van der Waals surface area contributed by atoms with Crippen molar-refractivity contribution in [1.82, 2.24) is 5.32 Å². The average Bonchev–Trinajstić information content (AvgIpc) is 2.57. The molecule has 0 spiro atoms. The van der Waals surface area contributed by atoms with Crippen LogP contribution >= 0.6 is 0 Å². The smallest absolute Gasteiger partial charge is 0.387 e. The normalized spacial score (nSPS) is 12.2. The van der Waals surface area contributed by atoms with Gasteiger partial charge < -0.3 is 15.4 Å². The highest BCUT2D eigenvalue weighted by Crippen LogP contribution is 2.21. The number of carbonyl (C=O) groups is 1. The number of nitrogens with one attached hydrogen (secondary N) is 2. The van der Waals surface area contributed by atoms with Crippen LogP contribution in [0.25, 0.3) is 0 Å². The first-order valence-corrected chi connectivity index (χ1v) is 8.08. The highest BCUT2D eigenvalue weighted by atomic mass is 19.3. The first kappa shape index (κ1) is 18.9. The molecule has 0 aliphatic heterocycles. The summed E-state index contributed by atoms with van der Waals surface area (Å²) in [6, 6.07) is 15.8. The lowest BCUT2D eigenvalue weighted by Crippen LogP contribution is -2.33. The van der Waals surface area contributed by atoms with Crippen molar-refractivity contribution in [2.24, 2.45) is 5.92 Å². The van der Waals surface area contributed by atoms with Crippen LogP contribution in [0.3, 0.4) is 0 Å². The number of halogens is 2. The van der Waals surface area contributed by atoms with Crippen LogP contribution in [0.1, 0.15) is 25.5 Å². The Balaban J connectivity index is 1.89. The molecule has 0 aliphatic carbocycles. The van der Waals surface area contributed by atoms with E-state index in [0.29, 0.717) is 11.6 Å². The van der Waals surface area contributed by atoms with Crippen molar-refractivity contribution in [3.05, 3.63) is 60.2 Å². The van der Waals surface area contributed by atoms with Crippen molar-refractivity contribution in [3.8, 4) is 5.75 Å². The summed E-state index contributed by atoms with van der Waals surface area (Å²) < 4.78 is 28.5. The number of alkyl halides is 2. The van der Waals surface area contributed by atoms with Crippen LogP contribution in [-0.4, -0.2) is 19.1 Å². The van der Waals surface area contributed by atoms with Crippen molar-refractivity contribution in [1.29, 1.82) is 0 Å². The van der Waals surface area contributed by atoms with Gasteiger partial charge in [0, 0.05) is 11.7 Å². The maximum absolute atomic E-state index is 12.1. The van der Waals surface area contributed by atoms with E-state index < -0.39 is 6.61 Å². The fraction of sp³-hybridized carbons (Fsp3) is 0.316. The fourth-order valence-electron chi connectivity index (χ4n) is 2.53. The third kappa shape index (κ3) is 6.15. The predicted molar refractivity (Wildman–Crippen MR) is 93.7 cm³/mol. The van der Waals surface area contributed by atoms with Crippen molar-refractivity contribution in [2.45, 2.75) is 26.5 Å². The molecule has 0 saturated heterocycles. The molecule has 4 nitrogen and oxygen atoms in total. The first-order chi connectivity index (χ1) is 12.0. The van der Waals surface area contributed by atoms with Gasteiger partial charge in [0.15, 0.2) is 0 Å². The summed E-state index contributed by atoms with van der Waals surface area (Å²) in [5, 5.41) is 5.98. The molecular formula is C19H22F2N2O2. The van der Waals surface area contributed by atoms with Gasteiger partial charge in [0.25, 0.3) is 0 Å². The molecular weight excluding hydrogens is 326 g/mol. The number of benzene rings is 2. The van der Waals surface area contributed by atoms with Crippen LogP contribution in [0.4, 0.5) is 14.5 Å². The van der Waals surface area contributed by atoms with Gasteiger partial charge in [0.2, 0.25) is 5.91 Å². The van der Waals surface area contributed by atoms with E-state index in [0.717, 1.165) is 5.56 Å². The summed E-state index contributed by atoms with van der Waals surface area (Å²) in [5.74, 6) is 0.167. The Hall–Kier alpha value is -2.47. The van der Waals surface area contributed by atoms with E-state index in [9.17, 15) is 13.6 Å². The van der Waals surface area contributed by atoms with Crippen LogP contribution in [0.15, 0.2) is 54.6 Å². The summed E-state index contributed by atoms with van der Waals surface area (Å²) in [6.07, 6.45) is 0. The van der Waals surface area contributed by atoms with E-state index in [1.54, 1.807) is 0 Å². The van der Waals surface area contributed by atoms with E-state index in [1.807, 2.05) is 30.3 Å². The van der Waals surface area contributed by atoms with Crippen molar-refractivity contribution in [2.75, 3.05) is 11.9 Å². The Kier molecular flexibility index (Phi) is 6.89. The predicted octanol–water partition coefficient (Wildman–Crippen LogP) is 4.21. The number of ether oxygens (including phenoxy) is 1. The minimum absolute atomic E-state index is 0.0510. The highest BCUT2D eigenvalue weighted by molar-refractivity contribution is 5.92. The number of carbonyl (C=O) groups excluding carboxylic acids is 1. The third-order valence-electron chi connectivity index (χ3n) is 3.67. The van der Waals surface area contributed by atoms with E-state index >= 15 is 0 Å². The second-order valence-electron chi connectivity index (χ2n) is 5.96. The Morgan fingerprint density at radius 3 is 2.24 bits per heavy atom. The number of anilines is 1. The Morgan fingerprint density at radius 1 is 1.04 bits per heavy atom. The van der Waals surface area contributed by atoms with Crippen molar-refractivity contribution < 1.29 is 18.3 Å². The molecule has 0 unspecified atom stereocenters. The lowest BCUT2D eigenvalue weighted by Gasteiger charge is -2.22. The average molecular weight is 348 g/mol. The van der Waals surface area contributed by atoms with Gasteiger partial charge in [-0.25, -0.2) is 0 Å². The maximum Gasteiger partial charge on any atom is 0.387 e. The van der Waals surface area contributed by atoms with Crippen molar-refractivity contribution >= 4 is 11.6 Å². The molecule has 25 heavy (non-hydrogen) atoms. The Labute approximate surface area is 146 Å². The first-order valence-electron chi connectivity index (χ1n) is 8.08. The summed E-state index contributed by atoms with van der Waals surface area (Å²) in [5.41, 5.74) is 1.65. The molecule has 6 heteroatoms. The number of hydrogen-bond donors (Lipinski definition) is 2. The molecule has 0 aromatic heterocycles. The fourth-order valence-corrected chi connectivity index (χ4v) is 2.53. The second kappa shape index (κ2) is 9.13. The molecule has 0 radical (unpaired) electrons. The molecule has 0 heterocycles. The van der Waals surface area contributed by atoms with Crippen LogP contribution in [-0.2, 0) is 4.79 Å². The van der Waals surface area contributed by atoms with E-state index in [4.69, 9.17) is 0 Å². The van der Waals surface area contributed by atoms with Gasteiger partial charge in [0.05, 0.1) is 6.54 Å². The minimum Gasteiger partial charge on any atom is -0.435 e. The summed E-state index contributed by atoms with van der Waals surface area (Å²) in [4.78, 5) is 12.1. The van der Waals surface area contributed by atoms with Gasteiger partial charge in [-0.1, -0.05) is 44.2 Å². The summed E-state index contributed by atoms with van der Waals surface area (Å²) in [7, 11) is 0. The van der Waals surface area contributed by atoms with E-state index in [-0.39, 0.29) is 24.2 Å². The number of rotatable bonds is 8. The van der Waals surface area contributed by atoms with Crippen molar-refractivity contribution in [3.63, 3.8) is 0 Å². The van der Waals surface area contributed by atoms with Gasteiger partial charge in [-0.15, -0.1) is 0 Å². The second-order valence-corrected chi connectivity index (χ2v) is 5.96.